The molecule has 0 unspecified atom stereocenters. The molecule has 2 aromatic rings. The van der Waals surface area contributed by atoms with Crippen LogP contribution in [0.5, 0.6) is 0 Å². The Hall–Kier alpha value is -2.21. The van der Waals surface area contributed by atoms with E-state index in [1.807, 2.05) is 26.0 Å². The van der Waals surface area contributed by atoms with Gasteiger partial charge in [0.1, 0.15) is 0 Å². The molecule has 2 N–H and O–H groups in total. The Balaban J connectivity index is 2.05. The number of rotatable bonds is 6. The molecule has 0 spiro atoms. The lowest BCUT2D eigenvalue weighted by molar-refractivity contribution is 0.0928. The molecule has 6 heteroatoms. The van der Waals surface area contributed by atoms with Gasteiger partial charge in [-0.3, -0.25) is 4.79 Å². The van der Waals surface area contributed by atoms with E-state index in [1.54, 1.807) is 29.2 Å². The zero-order valence-electron chi connectivity index (χ0n) is 12.3. The van der Waals surface area contributed by atoms with Gasteiger partial charge in [0.2, 0.25) is 0 Å². The summed E-state index contributed by atoms with van der Waals surface area (Å²) in [6.45, 7) is 4.65. The van der Waals surface area contributed by atoms with Crippen molar-refractivity contribution in [2.24, 2.45) is 5.41 Å². The third-order valence-electron chi connectivity index (χ3n) is 3.31. The molecule has 6 nitrogen and oxygen atoms in total. The molecule has 0 atom stereocenters. The first-order valence-electron chi connectivity index (χ1n) is 6.88. The first-order chi connectivity index (χ1) is 10.0. The Bertz CT molecular complexity index is 593. The Kier molecular flexibility index (Phi) is 4.70. The summed E-state index contributed by atoms with van der Waals surface area (Å²) in [5, 5.41) is 19.6. The Morgan fingerprint density at radius 2 is 2.24 bits per heavy atom. The molecular weight excluding hydrogens is 268 g/mol. The van der Waals surface area contributed by atoms with Gasteiger partial charge in [0.25, 0.3) is 5.91 Å². The molecule has 1 amide bonds. The van der Waals surface area contributed by atoms with Crippen molar-refractivity contribution in [1.82, 2.24) is 20.3 Å². The van der Waals surface area contributed by atoms with Crippen molar-refractivity contribution in [1.29, 1.82) is 0 Å². The topological polar surface area (TPSA) is 80.0 Å². The molecule has 0 aliphatic heterocycles. The van der Waals surface area contributed by atoms with E-state index < -0.39 is 0 Å². The van der Waals surface area contributed by atoms with Crippen LogP contribution in [0.15, 0.2) is 36.7 Å². The summed E-state index contributed by atoms with van der Waals surface area (Å²) in [5.74, 6) is -0.136. The SMILES string of the molecule is CC(C)(CCO)CNC(=O)c1cccc(-n2ccnn2)c1. The van der Waals surface area contributed by atoms with E-state index in [9.17, 15) is 4.79 Å². The first kappa shape index (κ1) is 15.2. The Morgan fingerprint density at radius 1 is 1.43 bits per heavy atom. The summed E-state index contributed by atoms with van der Waals surface area (Å²) in [6.07, 6.45) is 3.96. The normalized spacial score (nSPS) is 11.4. The maximum Gasteiger partial charge on any atom is 0.251 e. The minimum absolute atomic E-state index is 0.116. The van der Waals surface area contributed by atoms with Crippen LogP contribution in [-0.2, 0) is 0 Å². The quantitative estimate of drug-likeness (QED) is 0.842. The van der Waals surface area contributed by atoms with Crippen LogP contribution in [0.25, 0.3) is 5.69 Å². The molecule has 0 saturated carbocycles. The van der Waals surface area contributed by atoms with Crippen LogP contribution in [0.4, 0.5) is 0 Å². The van der Waals surface area contributed by atoms with E-state index in [-0.39, 0.29) is 17.9 Å². The predicted octanol–water partition coefficient (Wildman–Crippen LogP) is 1.41. The van der Waals surface area contributed by atoms with Crippen LogP contribution in [0.1, 0.15) is 30.6 Å². The number of hydrogen-bond acceptors (Lipinski definition) is 4. The van der Waals surface area contributed by atoms with Gasteiger partial charge >= 0.3 is 0 Å². The smallest absolute Gasteiger partial charge is 0.251 e. The van der Waals surface area contributed by atoms with Crippen LogP contribution < -0.4 is 5.32 Å². The molecular formula is C15H20N4O2. The third-order valence-corrected chi connectivity index (χ3v) is 3.31. The lowest BCUT2D eigenvalue weighted by Crippen LogP contribution is -2.34. The molecule has 1 aromatic carbocycles. The van der Waals surface area contributed by atoms with Crippen molar-refractivity contribution in [2.75, 3.05) is 13.2 Å². The standard InChI is InChI=1S/C15H20N4O2/c1-15(2,6-9-20)11-16-14(21)12-4-3-5-13(10-12)19-8-7-17-18-19/h3-5,7-8,10,20H,6,9,11H2,1-2H3,(H,16,21). The Labute approximate surface area is 123 Å². The fraction of sp³-hybridized carbons (Fsp3) is 0.400. The lowest BCUT2D eigenvalue weighted by atomic mass is 9.89. The van der Waals surface area contributed by atoms with Gasteiger partial charge in [0.15, 0.2) is 0 Å². The summed E-state index contributed by atoms with van der Waals surface area (Å²) in [5.41, 5.74) is 1.23. The highest BCUT2D eigenvalue weighted by Gasteiger charge is 2.18. The maximum absolute atomic E-state index is 12.2. The van der Waals surface area contributed by atoms with Gasteiger partial charge in [-0.1, -0.05) is 25.1 Å². The van der Waals surface area contributed by atoms with Crippen LogP contribution in [0.2, 0.25) is 0 Å². The second-order valence-corrected chi connectivity index (χ2v) is 5.72. The van der Waals surface area contributed by atoms with Crippen LogP contribution >= 0.6 is 0 Å². The summed E-state index contributed by atoms with van der Waals surface area (Å²) in [4.78, 5) is 12.2. The van der Waals surface area contributed by atoms with E-state index in [4.69, 9.17) is 5.11 Å². The highest BCUT2D eigenvalue weighted by atomic mass is 16.3. The second kappa shape index (κ2) is 6.49. The fourth-order valence-electron chi connectivity index (χ4n) is 1.95. The zero-order chi connectivity index (χ0) is 15.3. The van der Waals surface area contributed by atoms with Gasteiger partial charge in [0, 0.05) is 18.7 Å². The summed E-state index contributed by atoms with van der Waals surface area (Å²) < 4.78 is 1.60. The number of aromatic nitrogens is 3. The van der Waals surface area contributed by atoms with Crippen molar-refractivity contribution in [3.8, 4) is 5.69 Å². The summed E-state index contributed by atoms with van der Waals surface area (Å²) in [6, 6.07) is 7.20. The predicted molar refractivity (Wildman–Crippen MR) is 79.2 cm³/mol. The molecule has 0 aliphatic carbocycles. The average molecular weight is 288 g/mol. The Morgan fingerprint density at radius 3 is 2.90 bits per heavy atom. The van der Waals surface area contributed by atoms with Gasteiger partial charge in [0.05, 0.1) is 18.1 Å². The average Bonchev–Trinajstić information content (AvgIpc) is 2.99. The third kappa shape index (κ3) is 4.13. The first-order valence-corrected chi connectivity index (χ1v) is 6.88. The van der Waals surface area contributed by atoms with E-state index in [0.29, 0.717) is 18.5 Å². The summed E-state index contributed by atoms with van der Waals surface area (Å²) in [7, 11) is 0. The van der Waals surface area contributed by atoms with Gasteiger partial charge in [-0.25, -0.2) is 4.68 Å². The van der Waals surface area contributed by atoms with E-state index in [2.05, 4.69) is 15.6 Å². The number of hydrogen-bond donors (Lipinski definition) is 2. The second-order valence-electron chi connectivity index (χ2n) is 5.72. The van der Waals surface area contributed by atoms with Gasteiger partial charge < -0.3 is 10.4 Å². The molecule has 1 aromatic heterocycles. The fourth-order valence-corrected chi connectivity index (χ4v) is 1.95. The number of benzene rings is 1. The molecule has 0 aliphatic rings. The van der Waals surface area contributed by atoms with Crippen LogP contribution in [0, 0.1) is 5.41 Å². The molecule has 112 valence electrons. The summed E-state index contributed by atoms with van der Waals surface area (Å²) >= 11 is 0. The molecule has 0 fully saturated rings. The zero-order valence-corrected chi connectivity index (χ0v) is 12.3. The highest BCUT2D eigenvalue weighted by molar-refractivity contribution is 5.94. The van der Waals surface area contributed by atoms with Crippen LogP contribution in [-0.4, -0.2) is 39.2 Å². The van der Waals surface area contributed by atoms with Gasteiger partial charge in [-0.2, -0.15) is 0 Å². The number of aliphatic hydroxyl groups excluding tert-OH is 1. The number of nitrogens with one attached hydrogen (secondary N) is 1. The number of carbonyl (C=O) groups is 1. The molecule has 0 radical (unpaired) electrons. The van der Waals surface area contributed by atoms with Crippen molar-refractivity contribution in [3.63, 3.8) is 0 Å². The van der Waals surface area contributed by atoms with Gasteiger partial charge in [-0.15, -0.1) is 5.10 Å². The van der Waals surface area contributed by atoms with E-state index in [0.717, 1.165) is 5.69 Å². The lowest BCUT2D eigenvalue weighted by Gasteiger charge is -2.23. The molecule has 0 bridgehead atoms. The van der Waals surface area contributed by atoms with Crippen molar-refractivity contribution >= 4 is 5.91 Å². The van der Waals surface area contributed by atoms with Gasteiger partial charge in [-0.05, 0) is 30.0 Å². The molecule has 0 saturated heterocycles. The number of amides is 1. The van der Waals surface area contributed by atoms with Crippen molar-refractivity contribution < 1.29 is 9.90 Å². The van der Waals surface area contributed by atoms with E-state index in [1.165, 1.54) is 0 Å². The monoisotopic (exact) mass is 288 g/mol. The largest absolute Gasteiger partial charge is 0.396 e. The molecule has 21 heavy (non-hydrogen) atoms. The number of nitrogens with zero attached hydrogens (tertiary/aromatic N) is 3. The minimum Gasteiger partial charge on any atom is -0.396 e. The van der Waals surface area contributed by atoms with Crippen molar-refractivity contribution in [3.05, 3.63) is 42.2 Å². The van der Waals surface area contributed by atoms with Crippen LogP contribution in [0.3, 0.4) is 0 Å². The highest BCUT2D eigenvalue weighted by Crippen LogP contribution is 2.18. The molecule has 1 heterocycles. The number of aliphatic hydroxyl groups is 1. The molecule has 2 rings (SSSR count). The minimum atomic E-state index is -0.136. The number of carbonyl (C=O) groups excluding carboxylic acids is 1. The van der Waals surface area contributed by atoms with E-state index >= 15 is 0 Å². The van der Waals surface area contributed by atoms with Crippen molar-refractivity contribution in [2.45, 2.75) is 20.3 Å². The maximum atomic E-state index is 12.2.